The van der Waals surface area contributed by atoms with E-state index in [9.17, 15) is 9.18 Å². The van der Waals surface area contributed by atoms with Gasteiger partial charge in [0.05, 0.1) is 11.7 Å². The maximum Gasteiger partial charge on any atom is 0.339 e. The molecule has 2 aromatic rings. The summed E-state index contributed by atoms with van der Waals surface area (Å²) in [5.74, 6) is -0.675. The van der Waals surface area contributed by atoms with Gasteiger partial charge in [0, 0.05) is 0 Å². The third-order valence-electron chi connectivity index (χ3n) is 2.97. The van der Waals surface area contributed by atoms with Crippen LogP contribution < -0.4 is 0 Å². The van der Waals surface area contributed by atoms with Gasteiger partial charge in [-0.1, -0.05) is 30.3 Å². The topological polar surface area (TPSA) is 26.3 Å². The molecule has 0 atom stereocenters. The maximum atomic E-state index is 13.7. The van der Waals surface area contributed by atoms with Gasteiger partial charge >= 0.3 is 5.97 Å². The monoisotopic (exact) mass is 272 g/mol. The molecular formula is C17H17FO2. The molecule has 0 aliphatic rings. The summed E-state index contributed by atoms with van der Waals surface area (Å²) in [4.78, 5) is 12.1. The van der Waals surface area contributed by atoms with Gasteiger partial charge in [-0.25, -0.2) is 9.18 Å². The van der Waals surface area contributed by atoms with Crippen LogP contribution in [-0.4, -0.2) is 12.1 Å². The fourth-order valence-electron chi connectivity index (χ4n) is 1.95. The zero-order valence-corrected chi connectivity index (χ0v) is 11.8. The van der Waals surface area contributed by atoms with Crippen LogP contribution in [-0.2, 0) is 4.74 Å². The lowest BCUT2D eigenvalue weighted by molar-refractivity contribution is 0.0379. The lowest BCUT2D eigenvalue weighted by Crippen LogP contribution is -2.12. The van der Waals surface area contributed by atoms with E-state index in [1.165, 1.54) is 6.07 Å². The van der Waals surface area contributed by atoms with Crippen molar-refractivity contribution in [2.24, 2.45) is 0 Å². The van der Waals surface area contributed by atoms with Crippen molar-refractivity contribution in [3.8, 4) is 11.1 Å². The van der Waals surface area contributed by atoms with Crippen molar-refractivity contribution in [3.63, 3.8) is 0 Å². The fraction of sp³-hybridized carbons (Fsp3) is 0.235. The van der Waals surface area contributed by atoms with Crippen molar-refractivity contribution in [2.75, 3.05) is 0 Å². The molecular weight excluding hydrogens is 255 g/mol. The van der Waals surface area contributed by atoms with Crippen LogP contribution in [0.5, 0.6) is 0 Å². The number of carbonyl (C=O) groups excluding carboxylic acids is 1. The van der Waals surface area contributed by atoms with Crippen molar-refractivity contribution in [2.45, 2.75) is 26.9 Å². The molecule has 3 heteroatoms. The van der Waals surface area contributed by atoms with Gasteiger partial charge in [0.15, 0.2) is 0 Å². The molecule has 0 saturated heterocycles. The molecule has 2 aromatic carbocycles. The summed E-state index contributed by atoms with van der Waals surface area (Å²) >= 11 is 0. The van der Waals surface area contributed by atoms with Crippen molar-refractivity contribution in [1.82, 2.24) is 0 Å². The predicted octanol–water partition coefficient (Wildman–Crippen LogP) is 4.37. The summed E-state index contributed by atoms with van der Waals surface area (Å²) in [6, 6.07) is 12.0. The van der Waals surface area contributed by atoms with Crippen molar-refractivity contribution < 1.29 is 13.9 Å². The van der Waals surface area contributed by atoms with Gasteiger partial charge in [-0.15, -0.1) is 0 Å². The Morgan fingerprint density at radius 3 is 2.50 bits per heavy atom. The number of aryl methyl sites for hydroxylation is 1. The Balaban J connectivity index is 2.46. The predicted molar refractivity (Wildman–Crippen MR) is 77.1 cm³/mol. The van der Waals surface area contributed by atoms with Gasteiger partial charge in [0.25, 0.3) is 0 Å². The second-order valence-corrected chi connectivity index (χ2v) is 4.96. The van der Waals surface area contributed by atoms with E-state index in [0.29, 0.717) is 22.3 Å². The average molecular weight is 272 g/mol. The van der Waals surface area contributed by atoms with Gasteiger partial charge in [0.2, 0.25) is 0 Å². The molecule has 0 saturated carbocycles. The zero-order valence-electron chi connectivity index (χ0n) is 11.8. The molecule has 0 heterocycles. The molecule has 0 aliphatic carbocycles. The second-order valence-electron chi connectivity index (χ2n) is 4.96. The summed E-state index contributed by atoms with van der Waals surface area (Å²) in [5.41, 5.74) is 2.38. The molecule has 0 spiro atoms. The maximum absolute atomic E-state index is 13.7. The van der Waals surface area contributed by atoms with E-state index in [-0.39, 0.29) is 11.9 Å². The van der Waals surface area contributed by atoms with Crippen LogP contribution in [0, 0.1) is 12.7 Å². The number of rotatable bonds is 3. The van der Waals surface area contributed by atoms with E-state index in [0.717, 1.165) is 0 Å². The Kier molecular flexibility index (Phi) is 4.18. The van der Waals surface area contributed by atoms with Crippen LogP contribution >= 0.6 is 0 Å². The first-order valence-corrected chi connectivity index (χ1v) is 6.55. The van der Waals surface area contributed by atoms with Gasteiger partial charge < -0.3 is 4.74 Å². The Bertz CT molecular complexity index is 633. The number of ether oxygens (including phenoxy) is 1. The lowest BCUT2D eigenvalue weighted by atomic mass is 9.98. The molecule has 0 N–H and O–H groups in total. The largest absolute Gasteiger partial charge is 0.459 e. The number of hydrogen-bond donors (Lipinski definition) is 0. The normalized spacial score (nSPS) is 10.7. The molecule has 0 radical (unpaired) electrons. The first-order chi connectivity index (χ1) is 9.49. The number of carbonyl (C=O) groups is 1. The summed E-state index contributed by atoms with van der Waals surface area (Å²) in [6.07, 6.45) is -0.190. The molecule has 20 heavy (non-hydrogen) atoms. The number of benzene rings is 2. The van der Waals surface area contributed by atoms with E-state index in [4.69, 9.17) is 4.74 Å². The molecule has 2 nitrogen and oxygen atoms in total. The Morgan fingerprint density at radius 1 is 1.15 bits per heavy atom. The lowest BCUT2D eigenvalue weighted by Gasteiger charge is -2.12. The first kappa shape index (κ1) is 14.3. The summed E-state index contributed by atoms with van der Waals surface area (Å²) < 4.78 is 18.9. The number of hydrogen-bond acceptors (Lipinski definition) is 2. The highest BCUT2D eigenvalue weighted by atomic mass is 19.1. The van der Waals surface area contributed by atoms with Crippen LogP contribution in [0.25, 0.3) is 11.1 Å². The molecule has 0 amide bonds. The summed E-state index contributed by atoms with van der Waals surface area (Å²) in [5, 5.41) is 0. The quantitative estimate of drug-likeness (QED) is 0.776. The highest BCUT2D eigenvalue weighted by Gasteiger charge is 2.15. The van der Waals surface area contributed by atoms with E-state index in [2.05, 4.69) is 0 Å². The van der Waals surface area contributed by atoms with Crippen molar-refractivity contribution in [3.05, 3.63) is 59.4 Å². The third kappa shape index (κ3) is 3.05. The Morgan fingerprint density at radius 2 is 1.85 bits per heavy atom. The smallest absolute Gasteiger partial charge is 0.339 e. The highest BCUT2D eigenvalue weighted by molar-refractivity contribution is 5.97. The summed E-state index contributed by atoms with van der Waals surface area (Å²) in [6.45, 7) is 5.30. The van der Waals surface area contributed by atoms with Crippen LogP contribution in [0.1, 0.15) is 29.8 Å². The third-order valence-corrected chi connectivity index (χ3v) is 2.97. The van der Waals surface area contributed by atoms with Gasteiger partial charge in [-0.3, -0.25) is 0 Å². The van der Waals surface area contributed by atoms with Crippen LogP contribution in [0.3, 0.4) is 0 Å². The molecule has 0 aliphatic heterocycles. The molecule has 0 bridgehead atoms. The average Bonchev–Trinajstić information content (AvgIpc) is 2.41. The molecule has 2 rings (SSSR count). The van der Waals surface area contributed by atoms with Gasteiger partial charge in [-0.05, 0) is 49.6 Å². The van der Waals surface area contributed by atoms with E-state index < -0.39 is 5.97 Å². The standard InChI is InChI=1S/C17H17FO2/c1-11(2)20-17(19)15-7-5-4-6-14(15)13-9-8-12(3)16(18)10-13/h4-11H,1-3H3. The number of esters is 1. The minimum absolute atomic E-state index is 0.190. The van der Waals surface area contributed by atoms with Crippen molar-refractivity contribution >= 4 is 5.97 Å². The van der Waals surface area contributed by atoms with E-state index >= 15 is 0 Å². The van der Waals surface area contributed by atoms with E-state index in [1.54, 1.807) is 51.1 Å². The highest BCUT2D eigenvalue weighted by Crippen LogP contribution is 2.26. The summed E-state index contributed by atoms with van der Waals surface area (Å²) in [7, 11) is 0. The van der Waals surface area contributed by atoms with Gasteiger partial charge in [0.1, 0.15) is 5.82 Å². The molecule has 0 aromatic heterocycles. The van der Waals surface area contributed by atoms with Gasteiger partial charge in [-0.2, -0.15) is 0 Å². The first-order valence-electron chi connectivity index (χ1n) is 6.55. The minimum Gasteiger partial charge on any atom is -0.459 e. The molecule has 0 unspecified atom stereocenters. The Hall–Kier alpha value is -2.16. The molecule has 104 valence electrons. The van der Waals surface area contributed by atoms with E-state index in [1.807, 2.05) is 6.07 Å². The Labute approximate surface area is 118 Å². The SMILES string of the molecule is Cc1ccc(-c2ccccc2C(=O)OC(C)C)cc1F. The number of halogens is 1. The minimum atomic E-state index is -0.392. The molecule has 0 fully saturated rings. The van der Waals surface area contributed by atoms with Crippen LogP contribution in [0.15, 0.2) is 42.5 Å². The second kappa shape index (κ2) is 5.87. The zero-order chi connectivity index (χ0) is 14.7. The van der Waals surface area contributed by atoms with Crippen molar-refractivity contribution in [1.29, 1.82) is 0 Å². The fourth-order valence-corrected chi connectivity index (χ4v) is 1.95. The van der Waals surface area contributed by atoms with Crippen LogP contribution in [0.4, 0.5) is 4.39 Å². The van der Waals surface area contributed by atoms with Crippen LogP contribution in [0.2, 0.25) is 0 Å².